The zero-order valence-corrected chi connectivity index (χ0v) is 17.2. The van der Waals surface area contributed by atoms with Gasteiger partial charge in [0.2, 0.25) is 0 Å². The zero-order valence-electron chi connectivity index (χ0n) is 17.2. The normalized spacial score (nSPS) is 12.8. The quantitative estimate of drug-likeness (QED) is 0.584. The maximum Gasteiger partial charge on any atom is 0.347 e. The minimum atomic E-state index is -0.618. The molecular weight excluding hydrogens is 312 g/mol. The summed E-state index contributed by atoms with van der Waals surface area (Å²) in [5.74, 6) is -0.921. The van der Waals surface area contributed by atoms with Gasteiger partial charge in [-0.3, -0.25) is 4.89 Å². The number of hydrogen-bond donors (Lipinski definition) is 1. The third kappa shape index (κ3) is 13.3. The van der Waals surface area contributed by atoms with E-state index in [0.717, 1.165) is 0 Å². The standard InChI is InChI=1S/2C9H18O3/c1-8(2,3)7(10)11-12-9(4,5)6;1-8(2,3)6-9(4,5)7(10)12-11/h1-6H3;11H,6H2,1-5H3. The van der Waals surface area contributed by atoms with Crippen molar-refractivity contribution < 1.29 is 29.5 Å². The van der Waals surface area contributed by atoms with Crippen LogP contribution in [0.3, 0.4) is 0 Å². The lowest BCUT2D eigenvalue weighted by Crippen LogP contribution is -2.30. The summed E-state index contributed by atoms with van der Waals surface area (Å²) < 4.78 is 0. The zero-order chi connectivity index (χ0) is 20.0. The lowest BCUT2D eigenvalue weighted by molar-refractivity contribution is -0.325. The summed E-state index contributed by atoms with van der Waals surface area (Å²) >= 11 is 0. The van der Waals surface area contributed by atoms with Gasteiger partial charge in [-0.2, -0.15) is 10.1 Å². The minimum absolute atomic E-state index is 0.0533. The van der Waals surface area contributed by atoms with Crippen molar-refractivity contribution >= 4 is 11.9 Å². The van der Waals surface area contributed by atoms with Crippen LogP contribution in [0.4, 0.5) is 0 Å². The summed E-state index contributed by atoms with van der Waals surface area (Å²) in [6.07, 6.45) is 0.680. The van der Waals surface area contributed by atoms with E-state index in [1.165, 1.54) is 0 Å². The van der Waals surface area contributed by atoms with E-state index in [2.05, 4.69) is 9.78 Å². The van der Waals surface area contributed by atoms with E-state index < -0.39 is 22.4 Å². The lowest BCUT2D eigenvalue weighted by Gasteiger charge is -2.28. The van der Waals surface area contributed by atoms with Gasteiger partial charge in [0.15, 0.2) is 0 Å². The van der Waals surface area contributed by atoms with Gasteiger partial charge < -0.3 is 4.89 Å². The molecule has 6 nitrogen and oxygen atoms in total. The Morgan fingerprint density at radius 2 is 1.21 bits per heavy atom. The molecule has 0 heterocycles. The molecular formula is C18H36O6. The van der Waals surface area contributed by atoms with Crippen molar-refractivity contribution in [2.24, 2.45) is 16.2 Å². The molecule has 0 atom stereocenters. The number of carbonyl (C=O) groups excluding carboxylic acids is 2. The van der Waals surface area contributed by atoms with Crippen LogP contribution in [0.15, 0.2) is 0 Å². The molecule has 0 saturated carbocycles. The fourth-order valence-corrected chi connectivity index (χ4v) is 1.81. The summed E-state index contributed by atoms with van der Waals surface area (Å²) in [6, 6.07) is 0. The van der Waals surface area contributed by atoms with Gasteiger partial charge >= 0.3 is 11.9 Å². The molecule has 0 aliphatic heterocycles. The second-order valence-electron chi connectivity index (χ2n) is 9.82. The highest BCUT2D eigenvalue weighted by Crippen LogP contribution is 2.33. The van der Waals surface area contributed by atoms with Crippen molar-refractivity contribution in [1.82, 2.24) is 0 Å². The highest BCUT2D eigenvalue weighted by Gasteiger charge is 2.34. The first-order valence-corrected chi connectivity index (χ1v) is 8.08. The molecule has 144 valence electrons. The molecule has 0 bridgehead atoms. The van der Waals surface area contributed by atoms with Gasteiger partial charge in [-0.15, -0.1) is 0 Å². The van der Waals surface area contributed by atoms with Crippen LogP contribution in [-0.2, 0) is 24.3 Å². The maximum atomic E-state index is 11.2. The van der Waals surface area contributed by atoms with Crippen LogP contribution in [0.2, 0.25) is 0 Å². The average Bonchev–Trinajstić information content (AvgIpc) is 2.30. The van der Waals surface area contributed by atoms with Crippen molar-refractivity contribution in [2.45, 2.75) is 88.2 Å². The molecule has 0 unspecified atom stereocenters. The molecule has 0 fully saturated rings. The highest BCUT2D eigenvalue weighted by molar-refractivity contribution is 5.75. The van der Waals surface area contributed by atoms with E-state index >= 15 is 0 Å². The molecule has 24 heavy (non-hydrogen) atoms. The van der Waals surface area contributed by atoms with Gasteiger partial charge in [0.05, 0.1) is 10.8 Å². The predicted octanol–water partition coefficient (Wildman–Crippen LogP) is 4.77. The van der Waals surface area contributed by atoms with Crippen molar-refractivity contribution in [3.8, 4) is 0 Å². The van der Waals surface area contributed by atoms with Crippen molar-refractivity contribution in [2.75, 3.05) is 0 Å². The van der Waals surface area contributed by atoms with Crippen LogP contribution in [0.5, 0.6) is 0 Å². The van der Waals surface area contributed by atoms with Crippen molar-refractivity contribution in [1.29, 1.82) is 0 Å². The van der Waals surface area contributed by atoms with E-state index in [4.69, 9.17) is 10.1 Å². The first-order valence-electron chi connectivity index (χ1n) is 8.08. The molecule has 0 aliphatic rings. The SMILES string of the molecule is CC(C)(C)CC(C)(C)C(=O)OO.CC(C)(C)OOC(=O)C(C)(C)C. The number of rotatable bonds is 3. The average molecular weight is 348 g/mol. The second-order valence-corrected chi connectivity index (χ2v) is 9.82. The largest absolute Gasteiger partial charge is 0.347 e. The molecule has 0 aromatic carbocycles. The van der Waals surface area contributed by atoms with Gasteiger partial charge in [-0.25, -0.2) is 9.59 Å². The van der Waals surface area contributed by atoms with Crippen LogP contribution in [0.25, 0.3) is 0 Å². The minimum Gasteiger partial charge on any atom is -0.300 e. The molecule has 0 radical (unpaired) electrons. The summed E-state index contributed by atoms with van der Waals surface area (Å²) in [4.78, 5) is 35.4. The Balaban J connectivity index is 0. The van der Waals surface area contributed by atoms with Gasteiger partial charge in [-0.1, -0.05) is 20.8 Å². The lowest BCUT2D eigenvalue weighted by atomic mass is 9.76. The fourth-order valence-electron chi connectivity index (χ4n) is 1.81. The van der Waals surface area contributed by atoms with Gasteiger partial charge in [0.25, 0.3) is 0 Å². The van der Waals surface area contributed by atoms with E-state index in [0.29, 0.717) is 6.42 Å². The third-order valence-corrected chi connectivity index (χ3v) is 2.59. The van der Waals surface area contributed by atoms with Gasteiger partial charge in [0.1, 0.15) is 5.60 Å². The Bertz CT molecular complexity index is 403. The fraction of sp³-hybridized carbons (Fsp3) is 0.889. The summed E-state index contributed by atoms with van der Waals surface area (Å²) in [5.41, 5.74) is -1.52. The molecule has 0 rings (SSSR count). The second kappa shape index (κ2) is 8.81. The van der Waals surface area contributed by atoms with Crippen LogP contribution in [-0.4, -0.2) is 22.8 Å². The predicted molar refractivity (Wildman–Crippen MR) is 93.0 cm³/mol. The smallest absolute Gasteiger partial charge is 0.300 e. The summed E-state index contributed by atoms with van der Waals surface area (Å²) in [7, 11) is 0. The van der Waals surface area contributed by atoms with Gasteiger partial charge in [-0.05, 0) is 67.2 Å². The molecule has 0 aromatic heterocycles. The van der Waals surface area contributed by atoms with Crippen LogP contribution in [0.1, 0.15) is 82.6 Å². The number of hydrogen-bond acceptors (Lipinski definition) is 6. The maximum absolute atomic E-state index is 11.2. The Hall–Kier alpha value is -1.14. The van der Waals surface area contributed by atoms with E-state index in [1.54, 1.807) is 34.6 Å². The first-order chi connectivity index (χ1) is 10.3. The Labute approximate surface area is 146 Å². The topological polar surface area (TPSA) is 82.1 Å². The third-order valence-electron chi connectivity index (χ3n) is 2.59. The first kappa shape index (κ1) is 25.1. The number of carbonyl (C=O) groups is 2. The van der Waals surface area contributed by atoms with Gasteiger partial charge in [0, 0.05) is 0 Å². The van der Waals surface area contributed by atoms with Crippen LogP contribution >= 0.6 is 0 Å². The van der Waals surface area contributed by atoms with E-state index in [9.17, 15) is 9.59 Å². The molecule has 0 spiro atoms. The van der Waals surface area contributed by atoms with E-state index in [-0.39, 0.29) is 11.4 Å². The van der Waals surface area contributed by atoms with Crippen LogP contribution in [0, 0.1) is 16.2 Å². The monoisotopic (exact) mass is 348 g/mol. The van der Waals surface area contributed by atoms with Crippen molar-refractivity contribution in [3.63, 3.8) is 0 Å². The molecule has 0 aromatic rings. The molecule has 0 aliphatic carbocycles. The Morgan fingerprint density at radius 1 is 0.792 bits per heavy atom. The Kier molecular flexibility index (Phi) is 9.21. The van der Waals surface area contributed by atoms with Crippen molar-refractivity contribution in [3.05, 3.63) is 0 Å². The highest BCUT2D eigenvalue weighted by atomic mass is 17.2. The molecule has 0 amide bonds. The van der Waals surface area contributed by atoms with Crippen LogP contribution < -0.4 is 0 Å². The Morgan fingerprint density at radius 3 is 1.46 bits per heavy atom. The molecule has 1 N–H and O–H groups in total. The summed E-state index contributed by atoms with van der Waals surface area (Å²) in [6.45, 7) is 20.4. The molecule has 6 heteroatoms. The summed E-state index contributed by atoms with van der Waals surface area (Å²) in [5, 5.41) is 8.22. The molecule has 0 saturated heterocycles. The van der Waals surface area contributed by atoms with E-state index in [1.807, 2.05) is 41.5 Å².